The maximum atomic E-state index is 13.2. The van der Waals surface area contributed by atoms with E-state index in [1.165, 1.54) is 140 Å². The number of carbonyl (C=O) groups is 2. The van der Waals surface area contributed by atoms with E-state index in [9.17, 15) is 30.0 Å². The monoisotopic (exact) mass is 715 g/mol. The first-order chi connectivity index (χ1) is 24.3. The third-order valence-corrected chi connectivity index (χ3v) is 10.0. The largest absolute Gasteiger partial charge is 0.394 e. The number of amides is 2. The van der Waals surface area contributed by atoms with Gasteiger partial charge in [-0.25, -0.2) is 0 Å². The van der Waals surface area contributed by atoms with Gasteiger partial charge in [0, 0.05) is 13.1 Å². The highest BCUT2D eigenvalue weighted by Crippen LogP contribution is 2.22. The van der Waals surface area contributed by atoms with Crippen molar-refractivity contribution in [2.24, 2.45) is 0 Å². The first-order valence-corrected chi connectivity index (χ1v) is 20.8. The van der Waals surface area contributed by atoms with Crippen molar-refractivity contribution in [1.29, 1.82) is 0 Å². The summed E-state index contributed by atoms with van der Waals surface area (Å²) < 4.78 is 10.9. The quantitative estimate of drug-likeness (QED) is 0.0451. The Morgan fingerprint density at radius 3 is 1.46 bits per heavy atom. The van der Waals surface area contributed by atoms with Gasteiger partial charge in [0.2, 0.25) is 11.8 Å². The fraction of sp³-hybridized carbons (Fsp3) is 0.950. The van der Waals surface area contributed by atoms with Crippen molar-refractivity contribution in [2.75, 3.05) is 32.8 Å². The summed E-state index contributed by atoms with van der Waals surface area (Å²) in [5.74, 6) is -0.630. The molecule has 1 rings (SSSR count). The minimum Gasteiger partial charge on any atom is -0.394 e. The van der Waals surface area contributed by atoms with Gasteiger partial charge in [-0.1, -0.05) is 168 Å². The zero-order valence-electron chi connectivity index (χ0n) is 32.2. The molecule has 2 amide bonds. The molecule has 1 saturated heterocycles. The van der Waals surface area contributed by atoms with E-state index in [4.69, 9.17) is 9.47 Å². The third-order valence-electron chi connectivity index (χ3n) is 10.0. The van der Waals surface area contributed by atoms with Crippen molar-refractivity contribution in [3.05, 3.63) is 0 Å². The van der Waals surface area contributed by atoms with E-state index < -0.39 is 49.8 Å². The molecule has 5 atom stereocenters. The van der Waals surface area contributed by atoms with Crippen LogP contribution in [0.25, 0.3) is 0 Å². The van der Waals surface area contributed by atoms with Crippen molar-refractivity contribution in [3.63, 3.8) is 0 Å². The third kappa shape index (κ3) is 23.3. The molecule has 0 aromatic rings. The lowest BCUT2D eigenvalue weighted by Gasteiger charge is -2.39. The molecule has 0 unspecified atom stereocenters. The number of ether oxygens (including phenoxy) is 2. The summed E-state index contributed by atoms with van der Waals surface area (Å²) in [5, 5.41) is 42.7. The van der Waals surface area contributed by atoms with Crippen LogP contribution in [-0.4, -0.2) is 101 Å². The number of nitrogens with zero attached hydrogens (tertiary/aromatic N) is 1. The smallest absolute Gasteiger partial charge is 0.249 e. The second-order valence-electron chi connectivity index (χ2n) is 14.7. The van der Waals surface area contributed by atoms with Crippen LogP contribution in [0.1, 0.15) is 181 Å². The highest BCUT2D eigenvalue weighted by molar-refractivity contribution is 5.85. The van der Waals surface area contributed by atoms with Gasteiger partial charge in [0.1, 0.15) is 31.0 Å². The zero-order chi connectivity index (χ0) is 36.7. The van der Waals surface area contributed by atoms with Crippen molar-refractivity contribution in [1.82, 2.24) is 10.2 Å². The van der Waals surface area contributed by atoms with Crippen LogP contribution in [0.3, 0.4) is 0 Å². The van der Waals surface area contributed by atoms with Crippen LogP contribution in [0.2, 0.25) is 0 Å². The molecule has 0 bridgehead atoms. The molecule has 0 radical (unpaired) electrons. The van der Waals surface area contributed by atoms with Crippen LogP contribution in [-0.2, 0) is 19.1 Å². The molecule has 0 aromatic heterocycles. The Kier molecular flexibility index (Phi) is 30.2. The number of unbranched alkanes of at least 4 members (excludes halogenated alkanes) is 24. The Hall–Kier alpha value is -1.30. The Balaban J connectivity index is 2.32. The summed E-state index contributed by atoms with van der Waals surface area (Å²) in [6.07, 6.45) is 25.2. The van der Waals surface area contributed by atoms with Gasteiger partial charge >= 0.3 is 0 Å². The first kappa shape index (κ1) is 46.7. The number of aliphatic hydroxyl groups excluding tert-OH is 4. The van der Waals surface area contributed by atoms with E-state index in [0.29, 0.717) is 13.1 Å². The van der Waals surface area contributed by atoms with Crippen LogP contribution in [0.5, 0.6) is 0 Å². The van der Waals surface area contributed by atoms with E-state index in [0.717, 1.165) is 32.1 Å². The minimum atomic E-state index is -1.58. The lowest BCUT2D eigenvalue weighted by Crippen LogP contribution is -2.59. The van der Waals surface area contributed by atoms with Gasteiger partial charge in [0.05, 0.1) is 13.2 Å². The van der Waals surface area contributed by atoms with Gasteiger partial charge in [-0.3, -0.25) is 9.59 Å². The molecule has 0 aliphatic carbocycles. The molecule has 1 aliphatic heterocycles. The molecule has 1 aliphatic rings. The second-order valence-corrected chi connectivity index (χ2v) is 14.7. The molecule has 5 N–H and O–H groups in total. The van der Waals surface area contributed by atoms with Gasteiger partial charge in [-0.05, 0) is 12.8 Å². The van der Waals surface area contributed by atoms with Crippen molar-refractivity contribution >= 4 is 11.8 Å². The van der Waals surface area contributed by atoms with Crippen LogP contribution < -0.4 is 5.32 Å². The van der Waals surface area contributed by atoms with Gasteiger partial charge in [-0.2, -0.15) is 0 Å². The van der Waals surface area contributed by atoms with Crippen molar-refractivity contribution in [2.45, 2.75) is 211 Å². The van der Waals surface area contributed by atoms with Gasteiger partial charge in [0.15, 0.2) is 6.29 Å². The molecule has 0 spiro atoms. The predicted octanol–water partition coefficient (Wildman–Crippen LogP) is 6.93. The SMILES string of the molecule is CCCCCCCCCCCCCCCCCCNC(=O)CN(CCCCCCCCCCCC)C(=O)CO[C@@H]1O[C@H](CO)[C@@H](O)[C@H](O)[C@H]1O. The maximum absolute atomic E-state index is 13.2. The van der Waals surface area contributed by atoms with Gasteiger partial charge in [-0.15, -0.1) is 0 Å². The maximum Gasteiger partial charge on any atom is 0.249 e. The summed E-state index contributed by atoms with van der Waals surface area (Å²) >= 11 is 0. The molecule has 10 heteroatoms. The highest BCUT2D eigenvalue weighted by Gasteiger charge is 2.44. The van der Waals surface area contributed by atoms with E-state index >= 15 is 0 Å². The van der Waals surface area contributed by atoms with Gasteiger partial charge in [0.25, 0.3) is 0 Å². The highest BCUT2D eigenvalue weighted by atomic mass is 16.7. The lowest BCUT2D eigenvalue weighted by atomic mass is 9.99. The Morgan fingerprint density at radius 2 is 1.02 bits per heavy atom. The van der Waals surface area contributed by atoms with Crippen molar-refractivity contribution in [3.8, 4) is 0 Å². The Labute approximate surface area is 305 Å². The van der Waals surface area contributed by atoms with Crippen LogP contribution >= 0.6 is 0 Å². The first-order valence-electron chi connectivity index (χ1n) is 20.8. The van der Waals surface area contributed by atoms with E-state index in [1.54, 1.807) is 0 Å². The molecule has 296 valence electrons. The van der Waals surface area contributed by atoms with Crippen LogP contribution in [0, 0.1) is 0 Å². The summed E-state index contributed by atoms with van der Waals surface area (Å²) in [7, 11) is 0. The predicted molar refractivity (Wildman–Crippen MR) is 201 cm³/mol. The standard InChI is InChI=1S/C40H78N2O8/c1-3-5-7-9-11-13-15-16-17-18-19-20-21-23-25-27-29-41-35(44)31-42(30-28-26-24-22-14-12-10-8-6-4-2)36(45)33-49-40-39(48)38(47)37(46)34(32-43)50-40/h34,37-40,43,46-48H,3-33H2,1-2H3,(H,41,44)/t34-,37-,38+,39-,40-/m1/s1. The molecule has 10 nitrogen and oxygen atoms in total. The zero-order valence-corrected chi connectivity index (χ0v) is 32.2. The van der Waals surface area contributed by atoms with Crippen molar-refractivity contribution < 1.29 is 39.5 Å². The molecular formula is C40H78N2O8. The number of nitrogens with one attached hydrogen (secondary N) is 1. The number of hydrogen-bond donors (Lipinski definition) is 5. The fourth-order valence-electron chi connectivity index (χ4n) is 6.66. The van der Waals surface area contributed by atoms with Crippen LogP contribution in [0.4, 0.5) is 0 Å². The Morgan fingerprint density at radius 1 is 0.600 bits per heavy atom. The molecule has 50 heavy (non-hydrogen) atoms. The topological polar surface area (TPSA) is 149 Å². The fourth-order valence-corrected chi connectivity index (χ4v) is 6.66. The lowest BCUT2D eigenvalue weighted by molar-refractivity contribution is -0.299. The average molecular weight is 715 g/mol. The number of carbonyl (C=O) groups excluding carboxylic acids is 2. The summed E-state index contributed by atoms with van der Waals surface area (Å²) in [4.78, 5) is 27.5. The molecular weight excluding hydrogens is 636 g/mol. The molecule has 1 heterocycles. The number of rotatable bonds is 34. The Bertz CT molecular complexity index is 801. The van der Waals surface area contributed by atoms with E-state index in [1.807, 2.05) is 0 Å². The molecule has 1 fully saturated rings. The normalized spacial score (nSPS) is 20.6. The van der Waals surface area contributed by atoms with Gasteiger partial charge < -0.3 is 40.1 Å². The molecule has 0 aromatic carbocycles. The minimum absolute atomic E-state index is 0.0762. The second kappa shape index (κ2) is 32.4. The van der Waals surface area contributed by atoms with E-state index in [-0.39, 0.29) is 12.5 Å². The summed E-state index contributed by atoms with van der Waals surface area (Å²) in [6, 6.07) is 0. The number of hydrogen-bond acceptors (Lipinski definition) is 8. The number of aliphatic hydroxyl groups is 4. The van der Waals surface area contributed by atoms with Crippen LogP contribution in [0.15, 0.2) is 0 Å². The summed E-state index contributed by atoms with van der Waals surface area (Å²) in [5.41, 5.74) is 0. The average Bonchev–Trinajstić information content (AvgIpc) is 3.11. The summed E-state index contributed by atoms with van der Waals surface area (Å²) in [6.45, 7) is 4.37. The van der Waals surface area contributed by atoms with E-state index in [2.05, 4.69) is 19.2 Å². The molecule has 0 saturated carbocycles.